The molecule has 0 spiro atoms. The normalized spacial score (nSPS) is 16.4. The Morgan fingerprint density at radius 1 is 1.50 bits per heavy atom. The van der Waals surface area contributed by atoms with Gasteiger partial charge in [0.2, 0.25) is 5.91 Å². The van der Waals surface area contributed by atoms with Crippen molar-refractivity contribution >= 4 is 5.91 Å². The van der Waals surface area contributed by atoms with Crippen LogP contribution in [0.5, 0.6) is 0 Å². The molecule has 1 fully saturated rings. The van der Waals surface area contributed by atoms with Gasteiger partial charge in [0.25, 0.3) is 0 Å². The van der Waals surface area contributed by atoms with Crippen molar-refractivity contribution in [3.05, 3.63) is 0 Å². The highest BCUT2D eigenvalue weighted by Gasteiger charge is 2.22. The van der Waals surface area contributed by atoms with Crippen LogP contribution in [0.1, 0.15) is 32.6 Å². The van der Waals surface area contributed by atoms with Crippen LogP contribution in [0.15, 0.2) is 0 Å². The summed E-state index contributed by atoms with van der Waals surface area (Å²) in [7, 11) is 1.88. The molecule has 1 N–H and O–H groups in total. The first-order chi connectivity index (χ1) is 6.77. The quantitative estimate of drug-likeness (QED) is 0.696. The van der Waals surface area contributed by atoms with Gasteiger partial charge in [0.1, 0.15) is 0 Å². The molecule has 0 aromatic heterocycles. The van der Waals surface area contributed by atoms with Gasteiger partial charge in [-0.1, -0.05) is 6.42 Å². The fourth-order valence-electron chi connectivity index (χ4n) is 1.78. The van der Waals surface area contributed by atoms with E-state index in [4.69, 9.17) is 0 Å². The number of carbonyl (C=O) groups excluding carboxylic acids is 1. The summed E-state index contributed by atoms with van der Waals surface area (Å²) in [4.78, 5) is 13.7. The van der Waals surface area contributed by atoms with Gasteiger partial charge in [-0.25, -0.2) is 0 Å². The molecular formula is C11H22N2O. The summed E-state index contributed by atoms with van der Waals surface area (Å²) in [6, 6.07) is 0. The van der Waals surface area contributed by atoms with E-state index in [0.29, 0.717) is 12.3 Å². The molecule has 0 unspecified atom stereocenters. The fraction of sp³-hybridized carbons (Fsp3) is 0.909. The van der Waals surface area contributed by atoms with Crippen molar-refractivity contribution in [3.8, 4) is 0 Å². The van der Waals surface area contributed by atoms with Gasteiger partial charge >= 0.3 is 0 Å². The molecule has 0 aliphatic heterocycles. The summed E-state index contributed by atoms with van der Waals surface area (Å²) < 4.78 is 0. The monoisotopic (exact) mass is 198 g/mol. The van der Waals surface area contributed by atoms with Crippen molar-refractivity contribution in [2.75, 3.05) is 26.7 Å². The van der Waals surface area contributed by atoms with Crippen LogP contribution in [0.4, 0.5) is 0 Å². The average molecular weight is 198 g/mol. The largest absolute Gasteiger partial charge is 0.343 e. The summed E-state index contributed by atoms with van der Waals surface area (Å²) in [5.74, 6) is 1.09. The Balaban J connectivity index is 2.24. The predicted molar refractivity (Wildman–Crippen MR) is 58.1 cm³/mol. The molecule has 14 heavy (non-hydrogen) atoms. The van der Waals surface area contributed by atoms with Crippen LogP contribution in [0, 0.1) is 5.92 Å². The van der Waals surface area contributed by atoms with Gasteiger partial charge in [-0.15, -0.1) is 0 Å². The standard InChI is InChI=1S/C11H22N2O/c1-3-13(9-10-5-4-6-10)11(14)7-8-12-2/h10,12H,3-9H2,1-2H3. The lowest BCUT2D eigenvalue weighted by Crippen LogP contribution is -2.38. The minimum atomic E-state index is 0.300. The molecule has 0 aromatic rings. The first-order valence-corrected chi connectivity index (χ1v) is 5.70. The smallest absolute Gasteiger partial charge is 0.223 e. The van der Waals surface area contributed by atoms with Gasteiger partial charge in [-0.3, -0.25) is 4.79 Å². The highest BCUT2D eigenvalue weighted by Crippen LogP contribution is 2.27. The molecule has 0 saturated heterocycles. The third-order valence-corrected chi connectivity index (χ3v) is 3.03. The Morgan fingerprint density at radius 2 is 2.21 bits per heavy atom. The van der Waals surface area contributed by atoms with Gasteiger partial charge in [-0.2, -0.15) is 0 Å². The third-order valence-electron chi connectivity index (χ3n) is 3.03. The Kier molecular flexibility index (Phi) is 4.94. The second kappa shape index (κ2) is 6.02. The number of hydrogen-bond acceptors (Lipinski definition) is 2. The van der Waals surface area contributed by atoms with E-state index < -0.39 is 0 Å². The maximum Gasteiger partial charge on any atom is 0.223 e. The van der Waals surface area contributed by atoms with E-state index in [0.717, 1.165) is 25.6 Å². The minimum absolute atomic E-state index is 0.300. The van der Waals surface area contributed by atoms with Crippen molar-refractivity contribution < 1.29 is 4.79 Å². The summed E-state index contributed by atoms with van der Waals surface area (Å²) in [5.41, 5.74) is 0. The Hall–Kier alpha value is -0.570. The number of nitrogens with one attached hydrogen (secondary N) is 1. The summed E-state index contributed by atoms with van der Waals surface area (Å²) in [6.45, 7) is 4.70. The average Bonchev–Trinajstić information content (AvgIpc) is 2.13. The van der Waals surface area contributed by atoms with Crippen LogP contribution < -0.4 is 5.32 Å². The van der Waals surface area contributed by atoms with Crippen molar-refractivity contribution in [2.45, 2.75) is 32.6 Å². The lowest BCUT2D eigenvalue weighted by atomic mass is 9.85. The summed E-state index contributed by atoms with van der Waals surface area (Å²) in [5, 5.41) is 3.01. The van der Waals surface area contributed by atoms with Crippen LogP contribution in [-0.2, 0) is 4.79 Å². The molecule has 1 aliphatic rings. The predicted octanol–water partition coefficient (Wildman–Crippen LogP) is 1.24. The second-order valence-electron chi connectivity index (χ2n) is 4.08. The van der Waals surface area contributed by atoms with E-state index >= 15 is 0 Å². The number of nitrogens with zero attached hydrogens (tertiary/aromatic N) is 1. The van der Waals surface area contributed by atoms with Crippen LogP contribution in [0.2, 0.25) is 0 Å². The molecule has 0 atom stereocenters. The SMILES string of the molecule is CCN(CC1CCC1)C(=O)CCNC. The van der Waals surface area contributed by atoms with Gasteiger partial charge in [0.15, 0.2) is 0 Å². The number of hydrogen-bond donors (Lipinski definition) is 1. The molecule has 1 saturated carbocycles. The molecular weight excluding hydrogens is 176 g/mol. The Morgan fingerprint density at radius 3 is 2.64 bits per heavy atom. The molecule has 3 nitrogen and oxygen atoms in total. The van der Waals surface area contributed by atoms with E-state index in [1.165, 1.54) is 19.3 Å². The first kappa shape index (κ1) is 11.5. The van der Waals surface area contributed by atoms with E-state index in [1.807, 2.05) is 11.9 Å². The van der Waals surface area contributed by atoms with Gasteiger partial charge in [-0.05, 0) is 32.7 Å². The van der Waals surface area contributed by atoms with Crippen molar-refractivity contribution in [3.63, 3.8) is 0 Å². The van der Waals surface area contributed by atoms with Gasteiger partial charge in [0.05, 0.1) is 0 Å². The number of carbonyl (C=O) groups is 1. The van der Waals surface area contributed by atoms with E-state index in [2.05, 4.69) is 12.2 Å². The number of amides is 1. The zero-order chi connectivity index (χ0) is 10.4. The number of rotatable bonds is 6. The molecule has 1 amide bonds. The zero-order valence-electron chi connectivity index (χ0n) is 9.38. The topological polar surface area (TPSA) is 32.3 Å². The van der Waals surface area contributed by atoms with Gasteiger partial charge < -0.3 is 10.2 Å². The molecule has 0 aromatic carbocycles. The Bertz CT molecular complexity index is 178. The Labute approximate surface area is 86.9 Å². The summed E-state index contributed by atoms with van der Waals surface area (Å²) in [6.07, 6.45) is 4.62. The van der Waals surface area contributed by atoms with Crippen LogP contribution in [0.3, 0.4) is 0 Å². The van der Waals surface area contributed by atoms with E-state index in [-0.39, 0.29) is 0 Å². The highest BCUT2D eigenvalue weighted by atomic mass is 16.2. The van der Waals surface area contributed by atoms with Crippen LogP contribution >= 0.6 is 0 Å². The lowest BCUT2D eigenvalue weighted by molar-refractivity contribution is -0.131. The second-order valence-corrected chi connectivity index (χ2v) is 4.08. The third kappa shape index (κ3) is 3.29. The zero-order valence-corrected chi connectivity index (χ0v) is 9.38. The van der Waals surface area contributed by atoms with Crippen LogP contribution in [0.25, 0.3) is 0 Å². The molecule has 1 aliphatic carbocycles. The van der Waals surface area contributed by atoms with Gasteiger partial charge in [0, 0.05) is 26.1 Å². The maximum absolute atomic E-state index is 11.7. The molecule has 1 rings (SSSR count). The van der Waals surface area contributed by atoms with Crippen molar-refractivity contribution in [2.24, 2.45) is 5.92 Å². The van der Waals surface area contributed by atoms with Crippen molar-refractivity contribution in [1.29, 1.82) is 0 Å². The van der Waals surface area contributed by atoms with E-state index in [1.54, 1.807) is 0 Å². The van der Waals surface area contributed by atoms with Crippen LogP contribution in [-0.4, -0.2) is 37.5 Å². The minimum Gasteiger partial charge on any atom is -0.343 e. The maximum atomic E-state index is 11.7. The molecule has 82 valence electrons. The first-order valence-electron chi connectivity index (χ1n) is 5.70. The molecule has 0 bridgehead atoms. The van der Waals surface area contributed by atoms with E-state index in [9.17, 15) is 4.79 Å². The lowest BCUT2D eigenvalue weighted by Gasteiger charge is -2.31. The van der Waals surface area contributed by atoms with Crippen molar-refractivity contribution in [1.82, 2.24) is 10.2 Å². The summed E-state index contributed by atoms with van der Waals surface area (Å²) >= 11 is 0. The fourth-order valence-corrected chi connectivity index (χ4v) is 1.78. The molecule has 3 heteroatoms. The molecule has 0 radical (unpaired) electrons. The highest BCUT2D eigenvalue weighted by molar-refractivity contribution is 5.76. The molecule has 0 heterocycles.